The molecule has 0 bridgehead atoms. The lowest BCUT2D eigenvalue weighted by atomic mass is 9.97. The summed E-state index contributed by atoms with van der Waals surface area (Å²) in [6.45, 7) is 10.9. The van der Waals surface area contributed by atoms with Crippen molar-refractivity contribution in [3.63, 3.8) is 0 Å². The molecule has 0 aromatic rings. The molecule has 2 N–H and O–H groups in total. The molecule has 0 aromatic carbocycles. The first-order chi connectivity index (χ1) is 10.9. The molecule has 0 aliphatic heterocycles. The topological polar surface area (TPSA) is 49.3 Å². The zero-order valence-electron chi connectivity index (χ0n) is 15.3. The van der Waals surface area contributed by atoms with Gasteiger partial charge in [-0.05, 0) is 52.9 Å². The summed E-state index contributed by atoms with van der Waals surface area (Å²) in [5, 5.41) is 8.41. The van der Waals surface area contributed by atoms with Crippen LogP contribution in [0.25, 0.3) is 0 Å². The molecule has 0 aliphatic rings. The van der Waals surface area contributed by atoms with Crippen LogP contribution >= 0.6 is 11.8 Å². The lowest BCUT2D eigenvalue weighted by molar-refractivity contribution is -0.128. The first-order valence-electron chi connectivity index (χ1n) is 8.33. The Hall–Kier alpha value is -1.00. The molecule has 1 unspecified atom stereocenters. The van der Waals surface area contributed by atoms with E-state index in [0.29, 0.717) is 12.3 Å². The number of thioether (sulfide) groups is 1. The normalized spacial score (nSPS) is 13.7. The van der Waals surface area contributed by atoms with Gasteiger partial charge in [0.1, 0.15) is 0 Å². The summed E-state index contributed by atoms with van der Waals surface area (Å²) in [7, 11) is 0. The second-order valence-corrected chi connectivity index (χ2v) is 7.47. The van der Waals surface area contributed by atoms with Crippen molar-refractivity contribution in [2.45, 2.75) is 60.3 Å². The van der Waals surface area contributed by atoms with Gasteiger partial charge in [0.2, 0.25) is 5.91 Å². The van der Waals surface area contributed by atoms with E-state index in [0.717, 1.165) is 30.8 Å². The van der Waals surface area contributed by atoms with E-state index in [9.17, 15) is 4.79 Å². The predicted octanol–water partition coefficient (Wildman–Crippen LogP) is 5.28. The molecule has 4 heteroatoms. The molecule has 0 aliphatic carbocycles. The summed E-state index contributed by atoms with van der Waals surface area (Å²) >= 11 is 1.71. The van der Waals surface area contributed by atoms with Crippen LogP contribution < -0.4 is 5.48 Å². The number of rotatable bonds is 11. The summed E-state index contributed by atoms with van der Waals surface area (Å²) in [6, 6.07) is 0. The Morgan fingerprint density at radius 2 is 1.83 bits per heavy atom. The Morgan fingerprint density at radius 3 is 2.43 bits per heavy atom. The number of hydroxylamine groups is 1. The summed E-state index contributed by atoms with van der Waals surface area (Å²) in [6.07, 6.45) is 10.6. The third-order valence-corrected chi connectivity index (χ3v) is 4.70. The average molecular weight is 340 g/mol. The lowest BCUT2D eigenvalue weighted by Crippen LogP contribution is -2.18. The van der Waals surface area contributed by atoms with Gasteiger partial charge in [0.15, 0.2) is 0 Å². The van der Waals surface area contributed by atoms with Crippen LogP contribution in [-0.2, 0) is 4.79 Å². The van der Waals surface area contributed by atoms with Crippen molar-refractivity contribution in [1.29, 1.82) is 0 Å². The van der Waals surface area contributed by atoms with Gasteiger partial charge in [0, 0.05) is 17.9 Å². The Kier molecular flexibility index (Phi) is 12.9. The Bertz CT molecular complexity index is 435. The fourth-order valence-electron chi connectivity index (χ4n) is 1.95. The van der Waals surface area contributed by atoms with Crippen LogP contribution in [0.3, 0.4) is 0 Å². The van der Waals surface area contributed by atoms with Crippen LogP contribution in [-0.4, -0.2) is 22.6 Å². The molecule has 0 fully saturated rings. The maximum Gasteiger partial charge on any atom is 0.244 e. The molecule has 1 atom stereocenters. The number of carbonyl (C=O) groups is 1. The van der Waals surface area contributed by atoms with Gasteiger partial charge in [-0.2, -0.15) is 11.8 Å². The van der Waals surface area contributed by atoms with Crippen molar-refractivity contribution in [3.05, 3.63) is 34.9 Å². The largest absolute Gasteiger partial charge is 0.289 e. The van der Waals surface area contributed by atoms with Gasteiger partial charge in [-0.3, -0.25) is 10.0 Å². The minimum Gasteiger partial charge on any atom is -0.289 e. The SMILES string of the molecule is CC(C)=CCCC(C)=CCC(C)C(C)=CCSCCC(=O)NO. The van der Waals surface area contributed by atoms with E-state index in [-0.39, 0.29) is 5.91 Å². The van der Waals surface area contributed by atoms with Gasteiger partial charge >= 0.3 is 0 Å². The summed E-state index contributed by atoms with van der Waals surface area (Å²) in [4.78, 5) is 10.9. The summed E-state index contributed by atoms with van der Waals surface area (Å²) in [5.41, 5.74) is 5.91. The van der Waals surface area contributed by atoms with E-state index in [1.807, 2.05) is 0 Å². The zero-order chi connectivity index (χ0) is 17.7. The van der Waals surface area contributed by atoms with Crippen LogP contribution in [0.15, 0.2) is 34.9 Å². The molecule has 1 amide bonds. The van der Waals surface area contributed by atoms with Gasteiger partial charge < -0.3 is 0 Å². The first-order valence-corrected chi connectivity index (χ1v) is 9.48. The Balaban J connectivity index is 4.03. The van der Waals surface area contributed by atoms with Crippen LogP contribution in [0.2, 0.25) is 0 Å². The first kappa shape index (κ1) is 22.0. The molecule has 0 heterocycles. The minimum atomic E-state index is -0.319. The van der Waals surface area contributed by atoms with E-state index < -0.39 is 0 Å². The predicted molar refractivity (Wildman–Crippen MR) is 102 cm³/mol. The highest BCUT2D eigenvalue weighted by atomic mass is 32.2. The molecular formula is C19H33NO2S. The second-order valence-electron chi connectivity index (χ2n) is 6.32. The number of amides is 1. The van der Waals surface area contributed by atoms with E-state index in [2.05, 4.69) is 52.8 Å². The van der Waals surface area contributed by atoms with E-state index in [1.54, 1.807) is 17.2 Å². The molecular weight excluding hydrogens is 306 g/mol. The second kappa shape index (κ2) is 13.4. The van der Waals surface area contributed by atoms with Crippen LogP contribution in [0, 0.1) is 5.92 Å². The van der Waals surface area contributed by atoms with E-state index in [1.165, 1.54) is 16.7 Å². The third kappa shape index (κ3) is 13.2. The number of hydrogen-bond donors (Lipinski definition) is 2. The van der Waals surface area contributed by atoms with Gasteiger partial charge in [0.05, 0.1) is 0 Å². The Morgan fingerprint density at radius 1 is 1.13 bits per heavy atom. The van der Waals surface area contributed by atoms with E-state index >= 15 is 0 Å². The quantitative estimate of drug-likeness (QED) is 0.233. The lowest BCUT2D eigenvalue weighted by Gasteiger charge is -2.11. The number of hydrogen-bond acceptors (Lipinski definition) is 3. The molecule has 23 heavy (non-hydrogen) atoms. The summed E-state index contributed by atoms with van der Waals surface area (Å²) < 4.78 is 0. The Labute approximate surface area is 146 Å². The summed E-state index contributed by atoms with van der Waals surface area (Å²) in [5.74, 6) is 1.88. The molecule has 0 saturated heterocycles. The van der Waals surface area contributed by atoms with Crippen molar-refractivity contribution in [3.8, 4) is 0 Å². The minimum absolute atomic E-state index is 0.319. The zero-order valence-corrected chi connectivity index (χ0v) is 16.1. The van der Waals surface area contributed by atoms with Gasteiger partial charge in [0.25, 0.3) is 0 Å². The maximum absolute atomic E-state index is 10.9. The van der Waals surface area contributed by atoms with Crippen molar-refractivity contribution in [2.24, 2.45) is 5.92 Å². The number of allylic oxidation sites excluding steroid dienone is 5. The highest BCUT2D eigenvalue weighted by Crippen LogP contribution is 2.18. The van der Waals surface area contributed by atoms with E-state index in [4.69, 9.17) is 5.21 Å². The monoisotopic (exact) mass is 339 g/mol. The fraction of sp³-hybridized carbons (Fsp3) is 0.632. The number of carbonyl (C=O) groups excluding carboxylic acids is 1. The highest BCUT2D eigenvalue weighted by molar-refractivity contribution is 7.99. The number of nitrogens with one attached hydrogen (secondary N) is 1. The fourth-order valence-corrected chi connectivity index (χ4v) is 2.83. The molecule has 0 spiro atoms. The van der Waals surface area contributed by atoms with Crippen molar-refractivity contribution < 1.29 is 10.0 Å². The smallest absolute Gasteiger partial charge is 0.244 e. The standard InChI is InChI=1S/C19H33NO2S/c1-15(2)7-6-8-16(3)9-10-17(4)18(5)11-13-23-14-12-19(21)20-22/h7,9,11,17,22H,6,8,10,12-14H2,1-5H3,(H,20,21). The average Bonchev–Trinajstić information content (AvgIpc) is 2.51. The molecule has 0 rings (SSSR count). The van der Waals surface area contributed by atoms with Crippen molar-refractivity contribution >= 4 is 17.7 Å². The van der Waals surface area contributed by atoms with Gasteiger partial charge in [-0.15, -0.1) is 0 Å². The third-order valence-electron chi connectivity index (χ3n) is 3.81. The molecule has 0 saturated carbocycles. The molecule has 132 valence electrons. The van der Waals surface area contributed by atoms with Crippen LogP contribution in [0.4, 0.5) is 0 Å². The molecule has 3 nitrogen and oxygen atoms in total. The molecule has 0 aromatic heterocycles. The maximum atomic E-state index is 10.9. The van der Waals surface area contributed by atoms with Gasteiger partial charge in [-0.25, -0.2) is 5.48 Å². The van der Waals surface area contributed by atoms with Crippen molar-refractivity contribution in [2.75, 3.05) is 11.5 Å². The highest BCUT2D eigenvalue weighted by Gasteiger charge is 2.03. The van der Waals surface area contributed by atoms with Crippen LogP contribution in [0.5, 0.6) is 0 Å². The van der Waals surface area contributed by atoms with Gasteiger partial charge in [-0.1, -0.05) is 41.9 Å². The molecule has 0 radical (unpaired) electrons. The van der Waals surface area contributed by atoms with Crippen LogP contribution in [0.1, 0.15) is 60.3 Å². The van der Waals surface area contributed by atoms with Crippen molar-refractivity contribution in [1.82, 2.24) is 5.48 Å².